The molecule has 0 unspecified atom stereocenters. The molecule has 3 heteroatoms. The number of allylic oxidation sites excluding steroid dienone is 1. The van der Waals surface area contributed by atoms with Gasteiger partial charge < -0.3 is 10.0 Å². The van der Waals surface area contributed by atoms with Crippen molar-refractivity contribution in [1.82, 2.24) is 4.90 Å². The molecular formula is C12H21NO2. The number of aliphatic hydroxyl groups excluding tert-OH is 1. The lowest BCUT2D eigenvalue weighted by atomic mass is 10.2. The third-order valence-electron chi connectivity index (χ3n) is 2.99. The molecule has 0 bridgehead atoms. The van der Waals surface area contributed by atoms with Crippen LogP contribution in [0.3, 0.4) is 0 Å². The van der Waals surface area contributed by atoms with E-state index in [0.29, 0.717) is 19.0 Å². The average molecular weight is 211 g/mol. The van der Waals surface area contributed by atoms with Crippen LogP contribution in [0.25, 0.3) is 0 Å². The Kier molecular flexibility index (Phi) is 5.40. The normalized spacial score (nSPS) is 16.6. The molecule has 3 nitrogen and oxygen atoms in total. The summed E-state index contributed by atoms with van der Waals surface area (Å²) in [6.07, 6.45) is 7.64. The van der Waals surface area contributed by atoms with E-state index in [0.717, 1.165) is 19.3 Å². The van der Waals surface area contributed by atoms with Crippen molar-refractivity contribution in [3.05, 3.63) is 12.7 Å². The molecule has 0 spiro atoms. The lowest BCUT2D eigenvalue weighted by Gasteiger charge is -2.28. The molecule has 0 saturated heterocycles. The van der Waals surface area contributed by atoms with Gasteiger partial charge in [-0.25, -0.2) is 0 Å². The van der Waals surface area contributed by atoms with Gasteiger partial charge in [-0.1, -0.05) is 18.9 Å². The maximum absolute atomic E-state index is 11.8. The second kappa shape index (κ2) is 6.62. The van der Waals surface area contributed by atoms with E-state index in [1.54, 1.807) is 6.08 Å². The van der Waals surface area contributed by atoms with E-state index in [4.69, 9.17) is 5.11 Å². The third kappa shape index (κ3) is 3.67. The van der Waals surface area contributed by atoms with Gasteiger partial charge in [0.05, 0.1) is 6.61 Å². The minimum atomic E-state index is 0.0658. The average Bonchev–Trinajstić information content (AvgIpc) is 2.75. The number of rotatable bonds is 6. The summed E-state index contributed by atoms with van der Waals surface area (Å²) >= 11 is 0. The first-order valence-electron chi connectivity index (χ1n) is 5.80. The number of nitrogens with zero attached hydrogens (tertiary/aromatic N) is 1. The van der Waals surface area contributed by atoms with Crippen LogP contribution in [0.2, 0.25) is 0 Å². The van der Waals surface area contributed by atoms with Crippen LogP contribution in [0.5, 0.6) is 0 Å². The van der Waals surface area contributed by atoms with Crippen molar-refractivity contribution in [1.29, 1.82) is 0 Å². The second-order valence-electron chi connectivity index (χ2n) is 4.08. The highest BCUT2D eigenvalue weighted by atomic mass is 16.3. The van der Waals surface area contributed by atoms with Crippen molar-refractivity contribution in [3.63, 3.8) is 0 Å². The van der Waals surface area contributed by atoms with Gasteiger partial charge in [0.2, 0.25) is 5.91 Å². The molecule has 0 aliphatic heterocycles. The Labute approximate surface area is 91.8 Å². The van der Waals surface area contributed by atoms with Crippen molar-refractivity contribution in [2.24, 2.45) is 0 Å². The SMILES string of the molecule is C=CCCC(=O)N(CCO)C1CCCC1. The van der Waals surface area contributed by atoms with Gasteiger partial charge in [0, 0.05) is 19.0 Å². The maximum Gasteiger partial charge on any atom is 0.223 e. The third-order valence-corrected chi connectivity index (χ3v) is 2.99. The molecule has 1 fully saturated rings. The molecule has 1 N–H and O–H groups in total. The van der Waals surface area contributed by atoms with E-state index in [1.165, 1.54) is 12.8 Å². The highest BCUT2D eigenvalue weighted by molar-refractivity contribution is 5.76. The zero-order valence-corrected chi connectivity index (χ0v) is 9.32. The van der Waals surface area contributed by atoms with E-state index < -0.39 is 0 Å². The molecule has 0 heterocycles. The molecule has 1 aliphatic carbocycles. The van der Waals surface area contributed by atoms with Crippen LogP contribution in [-0.2, 0) is 4.79 Å². The van der Waals surface area contributed by atoms with Crippen molar-refractivity contribution in [2.75, 3.05) is 13.2 Å². The van der Waals surface area contributed by atoms with E-state index in [9.17, 15) is 4.79 Å². The predicted molar refractivity (Wildman–Crippen MR) is 60.5 cm³/mol. The highest BCUT2D eigenvalue weighted by Crippen LogP contribution is 2.23. The minimum absolute atomic E-state index is 0.0658. The predicted octanol–water partition coefficient (Wildman–Crippen LogP) is 1.72. The van der Waals surface area contributed by atoms with Crippen LogP contribution < -0.4 is 0 Å². The Morgan fingerprint density at radius 1 is 1.47 bits per heavy atom. The Bertz CT molecular complexity index is 210. The molecule has 1 rings (SSSR count). The van der Waals surface area contributed by atoms with Gasteiger partial charge in [0.15, 0.2) is 0 Å². The highest BCUT2D eigenvalue weighted by Gasteiger charge is 2.25. The summed E-state index contributed by atoms with van der Waals surface area (Å²) < 4.78 is 0. The molecule has 1 saturated carbocycles. The number of carbonyl (C=O) groups is 1. The Balaban J connectivity index is 2.47. The molecule has 1 aliphatic rings. The minimum Gasteiger partial charge on any atom is -0.395 e. The fourth-order valence-electron chi connectivity index (χ4n) is 2.20. The standard InChI is InChI=1S/C12H21NO2/c1-2-3-8-12(15)13(9-10-14)11-6-4-5-7-11/h2,11,14H,1,3-10H2. The smallest absolute Gasteiger partial charge is 0.223 e. The molecule has 0 radical (unpaired) electrons. The first-order valence-corrected chi connectivity index (χ1v) is 5.80. The molecule has 0 atom stereocenters. The van der Waals surface area contributed by atoms with Crippen LogP contribution in [-0.4, -0.2) is 35.1 Å². The summed E-state index contributed by atoms with van der Waals surface area (Å²) in [6, 6.07) is 0.370. The zero-order valence-electron chi connectivity index (χ0n) is 9.32. The summed E-state index contributed by atoms with van der Waals surface area (Å²) in [5.41, 5.74) is 0. The number of amides is 1. The van der Waals surface area contributed by atoms with E-state index in [-0.39, 0.29) is 12.5 Å². The lowest BCUT2D eigenvalue weighted by molar-refractivity contribution is -0.133. The molecule has 0 aromatic carbocycles. The Hall–Kier alpha value is -0.830. The lowest BCUT2D eigenvalue weighted by Crippen LogP contribution is -2.40. The van der Waals surface area contributed by atoms with Gasteiger partial charge >= 0.3 is 0 Å². The summed E-state index contributed by atoms with van der Waals surface area (Å²) in [7, 11) is 0. The van der Waals surface area contributed by atoms with Crippen LogP contribution in [0.1, 0.15) is 38.5 Å². The molecule has 86 valence electrons. The van der Waals surface area contributed by atoms with Gasteiger partial charge in [-0.2, -0.15) is 0 Å². The molecule has 0 aromatic heterocycles. The number of hydrogen-bond acceptors (Lipinski definition) is 2. The molecule has 1 amide bonds. The summed E-state index contributed by atoms with van der Waals surface area (Å²) in [5.74, 6) is 0.163. The topological polar surface area (TPSA) is 40.5 Å². The zero-order chi connectivity index (χ0) is 11.1. The van der Waals surface area contributed by atoms with E-state index in [1.807, 2.05) is 4.90 Å². The first-order chi connectivity index (χ1) is 7.29. The van der Waals surface area contributed by atoms with Gasteiger partial charge in [-0.15, -0.1) is 6.58 Å². The number of carbonyl (C=O) groups excluding carboxylic acids is 1. The van der Waals surface area contributed by atoms with Crippen LogP contribution >= 0.6 is 0 Å². The largest absolute Gasteiger partial charge is 0.395 e. The summed E-state index contributed by atoms with van der Waals surface area (Å²) in [6.45, 7) is 4.17. The Morgan fingerprint density at radius 2 is 2.13 bits per heavy atom. The quantitative estimate of drug-likeness (QED) is 0.679. The van der Waals surface area contributed by atoms with Gasteiger partial charge in [0.1, 0.15) is 0 Å². The van der Waals surface area contributed by atoms with Crippen LogP contribution in [0.4, 0.5) is 0 Å². The van der Waals surface area contributed by atoms with Crippen molar-refractivity contribution in [3.8, 4) is 0 Å². The van der Waals surface area contributed by atoms with Gasteiger partial charge in [0.25, 0.3) is 0 Å². The fraction of sp³-hybridized carbons (Fsp3) is 0.750. The first kappa shape index (κ1) is 12.2. The Morgan fingerprint density at radius 3 is 2.67 bits per heavy atom. The van der Waals surface area contributed by atoms with Crippen molar-refractivity contribution < 1.29 is 9.90 Å². The second-order valence-corrected chi connectivity index (χ2v) is 4.08. The van der Waals surface area contributed by atoms with Crippen LogP contribution in [0.15, 0.2) is 12.7 Å². The maximum atomic E-state index is 11.8. The summed E-state index contributed by atoms with van der Waals surface area (Å²) in [4.78, 5) is 13.7. The monoisotopic (exact) mass is 211 g/mol. The molecule has 15 heavy (non-hydrogen) atoms. The van der Waals surface area contributed by atoms with E-state index in [2.05, 4.69) is 6.58 Å². The fourth-order valence-corrected chi connectivity index (χ4v) is 2.20. The number of aliphatic hydroxyl groups is 1. The number of hydrogen-bond donors (Lipinski definition) is 1. The van der Waals surface area contributed by atoms with Gasteiger partial charge in [-0.3, -0.25) is 4.79 Å². The molecule has 0 aromatic rings. The van der Waals surface area contributed by atoms with Crippen molar-refractivity contribution >= 4 is 5.91 Å². The van der Waals surface area contributed by atoms with Crippen molar-refractivity contribution in [2.45, 2.75) is 44.6 Å². The molecular weight excluding hydrogens is 190 g/mol. The van der Waals surface area contributed by atoms with Gasteiger partial charge in [-0.05, 0) is 19.3 Å². The van der Waals surface area contributed by atoms with Crippen LogP contribution in [0, 0.1) is 0 Å². The van der Waals surface area contributed by atoms with E-state index >= 15 is 0 Å². The summed E-state index contributed by atoms with van der Waals surface area (Å²) in [5, 5.41) is 8.96.